The fraction of sp³-hybridized carbons (Fsp3) is 0.812. The van der Waals surface area contributed by atoms with Crippen LogP contribution in [-0.4, -0.2) is 69.0 Å². The van der Waals surface area contributed by atoms with Gasteiger partial charge in [0, 0.05) is 22.0 Å². The molecule has 0 amide bonds. The van der Waals surface area contributed by atoms with Crippen molar-refractivity contribution in [1.82, 2.24) is 0 Å². The number of carboxylic acid groups (broad SMARTS) is 2. The second-order valence-corrected chi connectivity index (χ2v) is 11.8. The van der Waals surface area contributed by atoms with Gasteiger partial charge in [-0.3, -0.25) is 0 Å². The minimum Gasteiger partial charge on any atom is -0.478 e. The molecule has 2 fully saturated rings. The minimum absolute atomic E-state index is 0.156. The van der Waals surface area contributed by atoms with Crippen LogP contribution in [0.15, 0.2) is 24.3 Å². The number of hydrogen-bond donors (Lipinski definition) is 6. The highest BCUT2D eigenvalue weighted by Gasteiger charge is 2.28. The van der Waals surface area contributed by atoms with Crippen LogP contribution in [0.25, 0.3) is 0 Å². The van der Waals surface area contributed by atoms with Crippen LogP contribution in [0.2, 0.25) is 0 Å². The van der Waals surface area contributed by atoms with Gasteiger partial charge in [0.15, 0.2) is 0 Å². The van der Waals surface area contributed by atoms with Gasteiger partial charge in [0.05, 0.1) is 26.4 Å². The molecule has 0 spiro atoms. The maximum Gasteiger partial charge on any atom is 0.330 e. The van der Waals surface area contributed by atoms with E-state index in [0.717, 1.165) is 25.7 Å². The van der Waals surface area contributed by atoms with Crippen molar-refractivity contribution < 1.29 is 40.2 Å². The van der Waals surface area contributed by atoms with Crippen LogP contribution in [0.5, 0.6) is 0 Å². The highest BCUT2D eigenvalue weighted by atomic mass is 16.4. The average Bonchev–Trinajstić information content (AvgIpc) is 2.95. The Balaban J connectivity index is 0. The lowest BCUT2D eigenvalue weighted by Crippen LogP contribution is -2.30. The molecule has 0 aromatic heterocycles. The van der Waals surface area contributed by atoms with E-state index in [9.17, 15) is 30.0 Å². The number of carbonyl (C=O) groups is 2. The topological polar surface area (TPSA) is 156 Å². The molecule has 6 N–H and O–H groups in total. The van der Waals surface area contributed by atoms with Crippen molar-refractivity contribution >= 4 is 11.9 Å². The first-order chi connectivity index (χ1) is 18.9. The summed E-state index contributed by atoms with van der Waals surface area (Å²) in [5, 5.41) is 53.2. The van der Waals surface area contributed by atoms with Crippen molar-refractivity contribution in [3.05, 3.63) is 24.3 Å². The van der Waals surface area contributed by atoms with Crippen LogP contribution in [0.4, 0.5) is 0 Å². The molecule has 0 bridgehead atoms. The number of aliphatic hydroxyl groups excluding tert-OH is 4. The fourth-order valence-electron chi connectivity index (χ4n) is 4.75. The van der Waals surface area contributed by atoms with E-state index in [1.165, 1.54) is 104 Å². The van der Waals surface area contributed by atoms with Gasteiger partial charge in [-0.15, -0.1) is 0 Å². The molecule has 40 heavy (non-hydrogen) atoms. The summed E-state index contributed by atoms with van der Waals surface area (Å²) < 4.78 is 0. The van der Waals surface area contributed by atoms with Gasteiger partial charge in [-0.25, -0.2) is 9.59 Å². The lowest BCUT2D eigenvalue weighted by atomic mass is 9.78. The Bertz CT molecular complexity index is 574. The van der Waals surface area contributed by atoms with E-state index >= 15 is 0 Å². The molecule has 0 saturated heterocycles. The van der Waals surface area contributed by atoms with Gasteiger partial charge in [-0.1, -0.05) is 103 Å². The van der Waals surface area contributed by atoms with E-state index in [4.69, 9.17) is 10.2 Å². The predicted octanol–water partition coefficient (Wildman–Crippen LogP) is 6.26. The standard InChI is InChI=1S/2C12H24O2.2C4H6O2/c2*13-10-12(11-14)8-6-4-2-1-3-5-7-9-12;2*1-3(2)4(5)6/h2*13-14H,1-11H2;2*1H2,2H3,(H,5,6). The zero-order chi connectivity index (χ0) is 30.9. The SMILES string of the molecule is C=C(C)C(=O)O.C=C(C)C(=O)O.OCC1(CO)CCCCCCCCC1.OCC1(CO)CCCCCCCCC1. The zero-order valence-corrected chi connectivity index (χ0v) is 25.5. The number of aliphatic carboxylic acids is 2. The molecular weight excluding hydrogens is 512 g/mol. The quantitative estimate of drug-likeness (QED) is 0.204. The summed E-state index contributed by atoms with van der Waals surface area (Å²) in [6.07, 6.45) is 21.8. The van der Waals surface area contributed by atoms with Gasteiger partial charge in [0.2, 0.25) is 0 Å². The van der Waals surface area contributed by atoms with Crippen molar-refractivity contribution in [3.8, 4) is 0 Å². The van der Waals surface area contributed by atoms with E-state index in [1.807, 2.05) is 0 Å². The monoisotopic (exact) mass is 572 g/mol. The third kappa shape index (κ3) is 21.1. The number of rotatable bonds is 6. The molecular formula is C32H60O8. The molecule has 0 aromatic rings. The minimum atomic E-state index is -0.935. The van der Waals surface area contributed by atoms with Crippen LogP contribution in [0.3, 0.4) is 0 Å². The van der Waals surface area contributed by atoms with Crippen LogP contribution >= 0.6 is 0 Å². The molecule has 236 valence electrons. The van der Waals surface area contributed by atoms with E-state index in [0.29, 0.717) is 0 Å². The molecule has 0 atom stereocenters. The highest BCUT2D eigenvalue weighted by molar-refractivity contribution is 5.85. The van der Waals surface area contributed by atoms with E-state index in [2.05, 4.69) is 13.2 Å². The first kappa shape index (κ1) is 40.4. The number of aliphatic hydroxyl groups is 4. The maximum atomic E-state index is 9.60. The molecule has 0 aliphatic heterocycles. The molecule has 0 unspecified atom stereocenters. The second-order valence-electron chi connectivity index (χ2n) is 11.8. The van der Waals surface area contributed by atoms with Crippen molar-refractivity contribution in [3.63, 3.8) is 0 Å². The first-order valence-electron chi connectivity index (χ1n) is 15.2. The third-order valence-corrected chi connectivity index (χ3v) is 7.90. The fourth-order valence-corrected chi connectivity index (χ4v) is 4.75. The highest BCUT2D eigenvalue weighted by Crippen LogP contribution is 2.33. The first-order valence-corrected chi connectivity index (χ1v) is 15.2. The lowest BCUT2D eigenvalue weighted by molar-refractivity contribution is -0.133. The molecule has 2 rings (SSSR count). The molecule has 8 nitrogen and oxygen atoms in total. The molecule has 2 saturated carbocycles. The van der Waals surface area contributed by atoms with Crippen LogP contribution in [-0.2, 0) is 9.59 Å². The average molecular weight is 573 g/mol. The third-order valence-electron chi connectivity index (χ3n) is 7.90. The van der Waals surface area contributed by atoms with Crippen LogP contribution < -0.4 is 0 Å². The van der Waals surface area contributed by atoms with Crippen LogP contribution in [0.1, 0.15) is 129 Å². The largest absolute Gasteiger partial charge is 0.478 e. The van der Waals surface area contributed by atoms with Gasteiger partial charge in [0.1, 0.15) is 0 Å². The van der Waals surface area contributed by atoms with Crippen molar-refractivity contribution in [2.45, 2.75) is 129 Å². The summed E-state index contributed by atoms with van der Waals surface area (Å²) in [7, 11) is 0. The zero-order valence-electron chi connectivity index (χ0n) is 25.5. The van der Waals surface area contributed by atoms with Gasteiger partial charge in [-0.2, -0.15) is 0 Å². The number of carboxylic acids is 2. The Labute approximate surface area is 243 Å². The predicted molar refractivity (Wildman–Crippen MR) is 161 cm³/mol. The van der Waals surface area contributed by atoms with E-state index in [1.54, 1.807) is 0 Å². The van der Waals surface area contributed by atoms with E-state index in [-0.39, 0.29) is 48.4 Å². The van der Waals surface area contributed by atoms with Crippen molar-refractivity contribution in [1.29, 1.82) is 0 Å². The molecule has 2 aliphatic rings. The maximum absolute atomic E-state index is 9.60. The van der Waals surface area contributed by atoms with Gasteiger partial charge >= 0.3 is 11.9 Å². The molecule has 2 aliphatic carbocycles. The molecule has 0 heterocycles. The second kappa shape index (κ2) is 25.0. The Morgan fingerprint density at radius 2 is 0.625 bits per heavy atom. The number of hydrogen-bond acceptors (Lipinski definition) is 6. The normalized spacial score (nSPS) is 19.4. The summed E-state index contributed by atoms with van der Waals surface area (Å²) in [6.45, 7) is 9.83. The summed E-state index contributed by atoms with van der Waals surface area (Å²) >= 11 is 0. The Hall–Kier alpha value is -1.74. The van der Waals surface area contributed by atoms with Gasteiger partial charge in [0.25, 0.3) is 0 Å². The smallest absolute Gasteiger partial charge is 0.330 e. The van der Waals surface area contributed by atoms with Crippen LogP contribution in [0, 0.1) is 10.8 Å². The van der Waals surface area contributed by atoms with Crippen molar-refractivity contribution in [2.75, 3.05) is 26.4 Å². The van der Waals surface area contributed by atoms with Crippen molar-refractivity contribution in [2.24, 2.45) is 10.8 Å². The molecule has 0 radical (unpaired) electrons. The lowest BCUT2D eigenvalue weighted by Gasteiger charge is -2.30. The molecule has 0 aromatic carbocycles. The van der Waals surface area contributed by atoms with E-state index < -0.39 is 11.9 Å². The summed E-state index contributed by atoms with van der Waals surface area (Å²) in [6, 6.07) is 0. The Morgan fingerprint density at radius 1 is 0.475 bits per heavy atom. The van der Waals surface area contributed by atoms with Gasteiger partial charge < -0.3 is 30.6 Å². The molecule has 8 heteroatoms. The van der Waals surface area contributed by atoms with Gasteiger partial charge in [-0.05, 0) is 39.5 Å². The summed E-state index contributed by atoms with van der Waals surface area (Å²) in [5.74, 6) is -1.87. The summed E-state index contributed by atoms with van der Waals surface area (Å²) in [5.41, 5.74) is 0.0132. The summed E-state index contributed by atoms with van der Waals surface area (Å²) in [4.78, 5) is 19.2. The Kier molecular flexibility index (Phi) is 25.3. The Morgan fingerprint density at radius 3 is 0.750 bits per heavy atom.